The maximum Gasteiger partial charge on any atom is 0.236 e. The average molecular weight is 441 g/mol. The van der Waals surface area contributed by atoms with E-state index in [0.29, 0.717) is 16.3 Å². The van der Waals surface area contributed by atoms with Gasteiger partial charge < -0.3 is 4.90 Å². The Morgan fingerprint density at radius 2 is 1.97 bits per heavy atom. The van der Waals surface area contributed by atoms with Gasteiger partial charge in [0.15, 0.2) is 5.78 Å². The van der Waals surface area contributed by atoms with E-state index in [2.05, 4.69) is 0 Å². The molecular formula is C23H21ClN2O3S. The minimum atomic E-state index is -0.714. The highest BCUT2D eigenvalue weighted by Gasteiger charge is 2.64. The van der Waals surface area contributed by atoms with E-state index in [0.717, 1.165) is 11.3 Å². The van der Waals surface area contributed by atoms with Gasteiger partial charge in [0.05, 0.1) is 22.8 Å². The predicted octanol–water partition coefficient (Wildman–Crippen LogP) is 4.27. The summed E-state index contributed by atoms with van der Waals surface area (Å²) >= 11 is 7.54. The van der Waals surface area contributed by atoms with E-state index in [1.54, 1.807) is 12.1 Å². The minimum absolute atomic E-state index is 0.106. The number of imide groups is 1. The Morgan fingerprint density at radius 1 is 1.20 bits per heavy atom. The largest absolute Gasteiger partial charge is 0.352 e. The van der Waals surface area contributed by atoms with Crippen molar-refractivity contribution in [3.05, 3.63) is 57.3 Å². The van der Waals surface area contributed by atoms with Crippen LogP contribution in [0.2, 0.25) is 5.02 Å². The molecule has 1 aromatic carbocycles. The number of benzene rings is 1. The molecule has 3 aliphatic heterocycles. The van der Waals surface area contributed by atoms with Crippen molar-refractivity contribution < 1.29 is 14.4 Å². The first-order chi connectivity index (χ1) is 14.4. The molecule has 7 heteroatoms. The Morgan fingerprint density at radius 3 is 2.67 bits per heavy atom. The van der Waals surface area contributed by atoms with Gasteiger partial charge in [-0.1, -0.05) is 36.7 Å². The van der Waals surface area contributed by atoms with Crippen LogP contribution >= 0.6 is 22.9 Å². The van der Waals surface area contributed by atoms with E-state index in [9.17, 15) is 14.4 Å². The van der Waals surface area contributed by atoms with Crippen molar-refractivity contribution in [3.63, 3.8) is 0 Å². The lowest BCUT2D eigenvalue weighted by Crippen LogP contribution is -2.50. The maximum atomic E-state index is 13.6. The number of likely N-dealkylation sites (tertiary alicyclic amines) is 1. The molecule has 0 aliphatic carbocycles. The van der Waals surface area contributed by atoms with Gasteiger partial charge in [-0.05, 0) is 48.6 Å². The summed E-state index contributed by atoms with van der Waals surface area (Å²) in [5, 5.41) is 2.46. The third-order valence-electron chi connectivity index (χ3n) is 6.57. The van der Waals surface area contributed by atoms with Gasteiger partial charge in [0.2, 0.25) is 11.8 Å². The average Bonchev–Trinajstić information content (AvgIpc) is 3.43. The molecule has 2 fully saturated rings. The number of thiophene rings is 1. The standard InChI is InChI=1S/C23H21ClN2O3S/c1-3-12(2)25-22(28)18-16-8-6-13-11-14(24)7-9-15(13)26(16)20(19(18)23(25)29)21(27)17-5-4-10-30-17/h4-12,16,18-20H,3H2,1-2H3/t12-,16-,18-,19-,20-/m1/s1. The van der Waals surface area contributed by atoms with Crippen LogP contribution in [0.3, 0.4) is 0 Å². The summed E-state index contributed by atoms with van der Waals surface area (Å²) in [5.74, 6) is -1.74. The SMILES string of the molecule is CC[C@@H](C)N1C(=O)[C@@H]2[C@H](C1=O)[C@H]1C=Cc3cc(Cl)ccc3N1[C@H]2C(=O)c1cccs1. The lowest BCUT2D eigenvalue weighted by atomic mass is 9.87. The lowest BCUT2D eigenvalue weighted by molar-refractivity contribution is -0.142. The first-order valence-electron chi connectivity index (χ1n) is 10.1. The van der Waals surface area contributed by atoms with Gasteiger partial charge in [0.25, 0.3) is 0 Å². The van der Waals surface area contributed by atoms with Crippen molar-refractivity contribution in [1.82, 2.24) is 4.90 Å². The van der Waals surface area contributed by atoms with E-state index >= 15 is 0 Å². The molecule has 5 atom stereocenters. The van der Waals surface area contributed by atoms with Crippen molar-refractivity contribution in [2.75, 3.05) is 4.90 Å². The van der Waals surface area contributed by atoms with E-state index in [-0.39, 0.29) is 29.7 Å². The Balaban J connectivity index is 1.66. The molecule has 3 aliphatic rings. The Bertz CT molecular complexity index is 1080. The molecule has 2 saturated heterocycles. The predicted molar refractivity (Wildman–Crippen MR) is 118 cm³/mol. The van der Waals surface area contributed by atoms with Crippen molar-refractivity contribution >= 4 is 52.3 Å². The molecule has 0 radical (unpaired) electrons. The number of amides is 2. The fourth-order valence-corrected chi connectivity index (χ4v) is 5.93. The van der Waals surface area contributed by atoms with Crippen molar-refractivity contribution in [2.24, 2.45) is 11.8 Å². The van der Waals surface area contributed by atoms with Crippen LogP contribution in [0, 0.1) is 11.8 Å². The number of hydrogen-bond acceptors (Lipinski definition) is 5. The van der Waals surface area contributed by atoms with Gasteiger partial charge in [-0.25, -0.2) is 0 Å². The van der Waals surface area contributed by atoms with E-state index in [4.69, 9.17) is 11.6 Å². The molecule has 0 saturated carbocycles. The van der Waals surface area contributed by atoms with Crippen LogP contribution in [0.25, 0.3) is 6.08 Å². The summed E-state index contributed by atoms with van der Waals surface area (Å²) in [5.41, 5.74) is 1.73. The highest BCUT2D eigenvalue weighted by Crippen LogP contribution is 2.50. The minimum Gasteiger partial charge on any atom is -0.352 e. The molecule has 154 valence electrons. The Labute approximate surface area is 183 Å². The quantitative estimate of drug-likeness (QED) is 0.526. The molecule has 2 amide bonds. The fraction of sp³-hybridized carbons (Fsp3) is 0.348. The number of ketones is 1. The van der Waals surface area contributed by atoms with Gasteiger partial charge in [-0.3, -0.25) is 19.3 Å². The highest BCUT2D eigenvalue weighted by molar-refractivity contribution is 7.12. The second-order valence-electron chi connectivity index (χ2n) is 8.10. The van der Waals surface area contributed by atoms with E-state index in [1.165, 1.54) is 16.2 Å². The second-order valence-corrected chi connectivity index (χ2v) is 9.49. The summed E-state index contributed by atoms with van der Waals surface area (Å²) in [6.07, 6.45) is 4.58. The zero-order chi connectivity index (χ0) is 21.2. The number of rotatable bonds is 4. The highest BCUT2D eigenvalue weighted by atomic mass is 35.5. The summed E-state index contributed by atoms with van der Waals surface area (Å²) in [7, 11) is 0. The molecule has 1 aromatic heterocycles. The number of nitrogens with zero attached hydrogens (tertiary/aromatic N) is 2. The molecule has 30 heavy (non-hydrogen) atoms. The van der Waals surface area contributed by atoms with Crippen LogP contribution in [0.4, 0.5) is 5.69 Å². The van der Waals surface area contributed by atoms with Crippen LogP contribution in [0.1, 0.15) is 35.5 Å². The van der Waals surface area contributed by atoms with Crippen LogP contribution in [-0.4, -0.2) is 40.6 Å². The topological polar surface area (TPSA) is 57.7 Å². The van der Waals surface area contributed by atoms with Crippen LogP contribution in [0.5, 0.6) is 0 Å². The molecule has 4 heterocycles. The number of hydrogen-bond donors (Lipinski definition) is 0. The van der Waals surface area contributed by atoms with Crippen LogP contribution in [-0.2, 0) is 9.59 Å². The number of fused-ring (bicyclic) bond motifs is 5. The van der Waals surface area contributed by atoms with E-state index < -0.39 is 17.9 Å². The first-order valence-corrected chi connectivity index (χ1v) is 11.4. The molecule has 5 rings (SSSR count). The molecular weight excluding hydrogens is 420 g/mol. The van der Waals surface area contributed by atoms with Crippen LogP contribution in [0.15, 0.2) is 41.8 Å². The Hall–Kier alpha value is -2.44. The van der Waals surface area contributed by atoms with Crippen LogP contribution < -0.4 is 4.90 Å². The molecule has 0 spiro atoms. The van der Waals surface area contributed by atoms with Gasteiger partial charge in [0.1, 0.15) is 6.04 Å². The monoisotopic (exact) mass is 440 g/mol. The van der Waals surface area contributed by atoms with Gasteiger partial charge in [-0.2, -0.15) is 0 Å². The molecule has 5 nitrogen and oxygen atoms in total. The van der Waals surface area contributed by atoms with Gasteiger partial charge in [0, 0.05) is 16.8 Å². The third-order valence-corrected chi connectivity index (χ3v) is 7.69. The summed E-state index contributed by atoms with van der Waals surface area (Å²) < 4.78 is 0. The molecule has 2 aromatic rings. The number of anilines is 1. The third kappa shape index (κ3) is 2.63. The summed E-state index contributed by atoms with van der Waals surface area (Å²) in [6, 6.07) is 7.90. The Kier molecular flexibility index (Phi) is 4.60. The summed E-state index contributed by atoms with van der Waals surface area (Å²) in [6.45, 7) is 3.85. The lowest BCUT2D eigenvalue weighted by Gasteiger charge is -2.37. The second kappa shape index (κ2) is 7.06. The van der Waals surface area contributed by atoms with E-state index in [1.807, 2.05) is 54.5 Å². The molecule has 0 bridgehead atoms. The van der Waals surface area contributed by atoms with Gasteiger partial charge in [-0.15, -0.1) is 11.3 Å². The zero-order valence-corrected chi connectivity index (χ0v) is 18.2. The zero-order valence-electron chi connectivity index (χ0n) is 16.6. The number of halogens is 1. The normalized spacial score (nSPS) is 27.8. The number of Topliss-reactive ketones (excluding diaryl/α,β-unsaturated/α-hetero) is 1. The van der Waals surface area contributed by atoms with Crippen molar-refractivity contribution in [3.8, 4) is 0 Å². The van der Waals surface area contributed by atoms with Gasteiger partial charge >= 0.3 is 0 Å². The summed E-state index contributed by atoms with van der Waals surface area (Å²) in [4.78, 5) is 44.5. The number of carbonyl (C=O) groups excluding carboxylic acids is 3. The maximum absolute atomic E-state index is 13.6. The first kappa shape index (κ1) is 19.5. The number of carbonyl (C=O) groups is 3. The molecule has 0 N–H and O–H groups in total. The smallest absolute Gasteiger partial charge is 0.236 e. The molecule has 0 unspecified atom stereocenters. The fourth-order valence-electron chi connectivity index (χ4n) is 5.05. The van der Waals surface area contributed by atoms with Crippen molar-refractivity contribution in [1.29, 1.82) is 0 Å². The van der Waals surface area contributed by atoms with Crippen molar-refractivity contribution in [2.45, 2.75) is 38.4 Å².